The van der Waals surface area contributed by atoms with E-state index in [1.165, 1.54) is 12.3 Å². The minimum atomic E-state index is -2.90. The van der Waals surface area contributed by atoms with Crippen LogP contribution in [0.25, 0.3) is 5.52 Å². The van der Waals surface area contributed by atoms with Crippen molar-refractivity contribution in [1.82, 2.24) is 9.38 Å². The van der Waals surface area contributed by atoms with E-state index in [2.05, 4.69) is 4.98 Å². The van der Waals surface area contributed by atoms with Crippen molar-refractivity contribution in [2.45, 2.75) is 12.8 Å². The van der Waals surface area contributed by atoms with Gasteiger partial charge in [0.2, 0.25) is 0 Å². The minimum absolute atomic E-state index is 0.0686. The Morgan fingerprint density at radius 1 is 1.45 bits per heavy atom. The van der Waals surface area contributed by atoms with Gasteiger partial charge >= 0.3 is 5.97 Å². The summed E-state index contributed by atoms with van der Waals surface area (Å²) in [5, 5.41) is 9.01. The van der Waals surface area contributed by atoms with Gasteiger partial charge in [0.25, 0.3) is 0 Å². The molecule has 1 atom stereocenters. The molecule has 1 unspecified atom stereocenters. The number of aromatic nitrogens is 2. The van der Waals surface area contributed by atoms with Crippen molar-refractivity contribution < 1.29 is 18.3 Å². The van der Waals surface area contributed by atoms with Crippen molar-refractivity contribution in [1.29, 1.82) is 0 Å². The van der Waals surface area contributed by atoms with Crippen LogP contribution in [-0.2, 0) is 16.3 Å². The first-order chi connectivity index (χ1) is 9.44. The van der Waals surface area contributed by atoms with E-state index >= 15 is 0 Å². The lowest BCUT2D eigenvalue weighted by Crippen LogP contribution is -2.10. The second-order valence-corrected chi connectivity index (χ2v) is 7.39. The van der Waals surface area contributed by atoms with Crippen LogP contribution >= 0.6 is 0 Å². The lowest BCUT2D eigenvalue weighted by atomic mass is 10.1. The first kappa shape index (κ1) is 13.1. The van der Waals surface area contributed by atoms with Crippen LogP contribution in [0.5, 0.6) is 0 Å². The van der Waals surface area contributed by atoms with E-state index in [0.29, 0.717) is 18.7 Å². The van der Waals surface area contributed by atoms with Crippen LogP contribution in [0.1, 0.15) is 22.6 Å². The highest BCUT2D eigenvalue weighted by Crippen LogP contribution is 2.22. The van der Waals surface area contributed by atoms with Crippen molar-refractivity contribution in [3.63, 3.8) is 0 Å². The number of carboxylic acids is 1. The van der Waals surface area contributed by atoms with Crippen LogP contribution in [0.3, 0.4) is 0 Å². The second-order valence-electron chi connectivity index (χ2n) is 5.17. The van der Waals surface area contributed by atoms with E-state index in [-0.39, 0.29) is 23.0 Å². The van der Waals surface area contributed by atoms with Crippen LogP contribution in [0, 0.1) is 5.92 Å². The zero-order valence-corrected chi connectivity index (χ0v) is 11.5. The average molecular weight is 294 g/mol. The zero-order valence-electron chi connectivity index (χ0n) is 10.7. The normalized spacial score (nSPS) is 21.3. The topological polar surface area (TPSA) is 88.7 Å². The number of nitrogens with zero attached hydrogens (tertiary/aromatic N) is 2. The third-order valence-corrected chi connectivity index (χ3v) is 5.49. The molecule has 2 aromatic rings. The lowest BCUT2D eigenvalue weighted by molar-refractivity contribution is 0.0696. The Morgan fingerprint density at radius 2 is 2.25 bits per heavy atom. The molecule has 6 nitrogen and oxygen atoms in total. The molecule has 0 saturated carbocycles. The minimum Gasteiger partial charge on any atom is -0.478 e. The summed E-state index contributed by atoms with van der Waals surface area (Å²) in [7, 11) is -2.90. The van der Waals surface area contributed by atoms with Gasteiger partial charge in [0.05, 0.1) is 28.8 Å². The highest BCUT2D eigenvalue weighted by Gasteiger charge is 2.28. The number of sulfone groups is 1. The molecular weight excluding hydrogens is 280 g/mol. The molecular formula is C13H14N2O4S. The van der Waals surface area contributed by atoms with Crippen LogP contribution in [0.15, 0.2) is 24.5 Å². The Labute approximate surface area is 116 Å². The summed E-state index contributed by atoms with van der Waals surface area (Å²) in [4.78, 5) is 15.3. The van der Waals surface area contributed by atoms with Gasteiger partial charge in [-0.25, -0.2) is 18.2 Å². The van der Waals surface area contributed by atoms with Crippen molar-refractivity contribution in [2.24, 2.45) is 5.92 Å². The van der Waals surface area contributed by atoms with Crippen LogP contribution in [-0.4, -0.2) is 40.4 Å². The van der Waals surface area contributed by atoms with Crippen molar-refractivity contribution in [2.75, 3.05) is 11.5 Å². The van der Waals surface area contributed by atoms with E-state index in [0.717, 1.165) is 5.52 Å². The predicted molar refractivity (Wildman–Crippen MR) is 72.6 cm³/mol. The highest BCUT2D eigenvalue weighted by atomic mass is 32.2. The molecule has 0 radical (unpaired) electrons. The summed E-state index contributed by atoms with van der Waals surface area (Å²) < 4.78 is 24.7. The average Bonchev–Trinajstić information content (AvgIpc) is 2.93. The maximum atomic E-state index is 11.5. The molecule has 2 aromatic heterocycles. The van der Waals surface area contributed by atoms with E-state index in [4.69, 9.17) is 5.11 Å². The summed E-state index contributed by atoms with van der Waals surface area (Å²) in [5.74, 6) is 0.223. The molecule has 1 saturated heterocycles. The van der Waals surface area contributed by atoms with Crippen molar-refractivity contribution in [3.8, 4) is 0 Å². The van der Waals surface area contributed by atoms with Crippen LogP contribution in [0.2, 0.25) is 0 Å². The van der Waals surface area contributed by atoms with Gasteiger partial charge in [0.15, 0.2) is 9.84 Å². The highest BCUT2D eigenvalue weighted by molar-refractivity contribution is 7.91. The SMILES string of the molecule is O=C(O)c1ccc2cnc(CC3CCS(=O)(=O)C3)n2c1. The van der Waals surface area contributed by atoms with E-state index in [1.54, 1.807) is 16.7 Å². The monoisotopic (exact) mass is 294 g/mol. The molecule has 0 amide bonds. The number of fused-ring (bicyclic) bond motifs is 1. The summed E-state index contributed by atoms with van der Waals surface area (Å²) in [5.41, 5.74) is 1.00. The maximum absolute atomic E-state index is 11.5. The smallest absolute Gasteiger partial charge is 0.337 e. The molecule has 1 aliphatic rings. The predicted octanol–water partition coefficient (Wildman–Crippen LogP) is 1.01. The number of carbonyl (C=O) groups is 1. The van der Waals surface area contributed by atoms with Crippen LogP contribution in [0.4, 0.5) is 0 Å². The Kier molecular flexibility index (Phi) is 3.01. The van der Waals surface area contributed by atoms with Crippen molar-refractivity contribution >= 4 is 21.3 Å². The fourth-order valence-corrected chi connectivity index (χ4v) is 4.47. The van der Waals surface area contributed by atoms with Crippen molar-refractivity contribution in [3.05, 3.63) is 35.9 Å². The first-order valence-electron chi connectivity index (χ1n) is 6.34. The number of carboxylic acid groups (broad SMARTS) is 1. The molecule has 20 heavy (non-hydrogen) atoms. The Morgan fingerprint density at radius 3 is 2.90 bits per heavy atom. The van der Waals surface area contributed by atoms with Gasteiger partial charge in [-0.2, -0.15) is 0 Å². The van der Waals surface area contributed by atoms with Gasteiger partial charge in [0.1, 0.15) is 5.82 Å². The number of pyridine rings is 1. The van der Waals surface area contributed by atoms with Gasteiger partial charge in [0, 0.05) is 12.6 Å². The number of aromatic carboxylic acids is 1. The van der Waals surface area contributed by atoms with Gasteiger partial charge < -0.3 is 9.51 Å². The van der Waals surface area contributed by atoms with Crippen LogP contribution < -0.4 is 0 Å². The molecule has 1 fully saturated rings. The largest absolute Gasteiger partial charge is 0.478 e. The molecule has 106 valence electrons. The fourth-order valence-electron chi connectivity index (χ4n) is 2.61. The second kappa shape index (κ2) is 4.59. The van der Waals surface area contributed by atoms with E-state index < -0.39 is 15.8 Å². The molecule has 3 heterocycles. The Hall–Kier alpha value is -1.89. The van der Waals surface area contributed by atoms with Gasteiger partial charge in [-0.15, -0.1) is 0 Å². The standard InChI is InChI=1S/C13H14N2O4S/c16-13(17)10-1-2-11-6-14-12(15(11)7-10)5-9-3-4-20(18,19)8-9/h1-2,6-7,9H,3-5,8H2,(H,16,17). The number of rotatable bonds is 3. The molecule has 0 bridgehead atoms. The molecule has 7 heteroatoms. The molecule has 1 aliphatic heterocycles. The lowest BCUT2D eigenvalue weighted by Gasteiger charge is -2.07. The summed E-state index contributed by atoms with van der Waals surface area (Å²) >= 11 is 0. The van der Waals surface area contributed by atoms with Gasteiger partial charge in [-0.05, 0) is 24.5 Å². The van der Waals surface area contributed by atoms with Gasteiger partial charge in [-0.1, -0.05) is 0 Å². The summed E-state index contributed by atoms with van der Waals surface area (Å²) in [6.45, 7) is 0. The number of hydrogen-bond acceptors (Lipinski definition) is 4. The zero-order chi connectivity index (χ0) is 14.3. The van der Waals surface area contributed by atoms with E-state index in [1.807, 2.05) is 0 Å². The Bertz CT molecular complexity index is 779. The molecule has 0 aromatic carbocycles. The third kappa shape index (κ3) is 2.40. The molecule has 0 spiro atoms. The molecule has 3 rings (SSSR count). The molecule has 0 aliphatic carbocycles. The quantitative estimate of drug-likeness (QED) is 0.912. The first-order valence-corrected chi connectivity index (χ1v) is 8.16. The Balaban J connectivity index is 1.92. The fraction of sp³-hybridized carbons (Fsp3) is 0.385. The van der Waals surface area contributed by atoms with E-state index in [9.17, 15) is 13.2 Å². The maximum Gasteiger partial charge on any atom is 0.337 e. The summed E-state index contributed by atoms with van der Waals surface area (Å²) in [6.07, 6.45) is 4.40. The van der Waals surface area contributed by atoms with Gasteiger partial charge in [-0.3, -0.25) is 0 Å². The number of imidazole rings is 1. The summed E-state index contributed by atoms with van der Waals surface area (Å²) in [6, 6.07) is 3.23. The number of hydrogen-bond donors (Lipinski definition) is 1. The molecule has 1 N–H and O–H groups in total. The third-order valence-electron chi connectivity index (χ3n) is 3.65.